The molecule has 0 bridgehead atoms. The van der Waals surface area contributed by atoms with Gasteiger partial charge in [-0.2, -0.15) is 0 Å². The minimum atomic E-state index is -3.77. The van der Waals surface area contributed by atoms with E-state index in [1.807, 2.05) is 0 Å². The number of likely N-dealkylation sites (tertiary alicyclic amines) is 1. The Kier molecular flexibility index (Phi) is 8.03. The van der Waals surface area contributed by atoms with Crippen molar-refractivity contribution >= 4 is 43.3 Å². The first-order chi connectivity index (χ1) is 13.5. The van der Waals surface area contributed by atoms with Crippen molar-refractivity contribution in [1.29, 1.82) is 0 Å². The van der Waals surface area contributed by atoms with Gasteiger partial charge in [-0.15, -0.1) is 0 Å². The Bertz CT molecular complexity index is 957. The van der Waals surface area contributed by atoms with Gasteiger partial charge in [0.2, 0.25) is 21.8 Å². The molecule has 1 heterocycles. The van der Waals surface area contributed by atoms with E-state index in [9.17, 15) is 26.4 Å². The average Bonchev–Trinajstić information content (AvgIpc) is 2.67. The summed E-state index contributed by atoms with van der Waals surface area (Å²) < 4.78 is 51.2. The zero-order valence-electron chi connectivity index (χ0n) is 15.9. The predicted octanol–water partition coefficient (Wildman–Crippen LogP) is 0.160. The van der Waals surface area contributed by atoms with Gasteiger partial charge in [0.25, 0.3) is 0 Å². The standard InChI is InChI=1S/C17H24ClN3O6S2/c1-19-16(22)12-28(24,25)14-6-9-21(10-7-14)17(23)5-8-20-29(26,27)15-4-2-3-13(18)11-15/h2-4,11,14,20H,5-10,12H2,1H3,(H,19,22). The van der Waals surface area contributed by atoms with Crippen molar-refractivity contribution in [2.75, 3.05) is 32.4 Å². The maximum absolute atomic E-state index is 12.3. The molecule has 0 spiro atoms. The van der Waals surface area contributed by atoms with E-state index >= 15 is 0 Å². The Morgan fingerprint density at radius 2 is 1.83 bits per heavy atom. The number of nitrogens with zero attached hydrogens (tertiary/aromatic N) is 1. The van der Waals surface area contributed by atoms with E-state index in [0.29, 0.717) is 0 Å². The summed E-state index contributed by atoms with van der Waals surface area (Å²) in [6.45, 7) is 0.414. The van der Waals surface area contributed by atoms with Crippen molar-refractivity contribution in [3.05, 3.63) is 29.3 Å². The van der Waals surface area contributed by atoms with Gasteiger partial charge in [0.05, 0.1) is 10.1 Å². The molecule has 9 nitrogen and oxygen atoms in total. The van der Waals surface area contributed by atoms with Gasteiger partial charge in [-0.05, 0) is 31.0 Å². The average molecular weight is 466 g/mol. The lowest BCUT2D eigenvalue weighted by molar-refractivity contribution is -0.131. The quantitative estimate of drug-likeness (QED) is 0.562. The number of piperidine rings is 1. The number of amides is 2. The lowest BCUT2D eigenvalue weighted by Crippen LogP contribution is -2.45. The molecule has 2 amide bonds. The second-order valence-corrected chi connectivity index (χ2v) is 11.2. The Morgan fingerprint density at radius 1 is 1.17 bits per heavy atom. The lowest BCUT2D eigenvalue weighted by Gasteiger charge is -2.31. The minimum Gasteiger partial charge on any atom is -0.358 e. The summed E-state index contributed by atoms with van der Waals surface area (Å²) in [6.07, 6.45) is 0.452. The van der Waals surface area contributed by atoms with E-state index in [4.69, 9.17) is 11.6 Å². The molecule has 1 aliphatic rings. The van der Waals surface area contributed by atoms with Crippen LogP contribution >= 0.6 is 11.6 Å². The van der Waals surface area contributed by atoms with Gasteiger partial charge in [0.1, 0.15) is 5.75 Å². The monoisotopic (exact) mass is 465 g/mol. The molecule has 0 saturated carbocycles. The number of hydrogen-bond donors (Lipinski definition) is 2. The number of sulfonamides is 1. The van der Waals surface area contributed by atoms with Crippen molar-refractivity contribution in [3.63, 3.8) is 0 Å². The fourth-order valence-corrected chi connectivity index (χ4v) is 6.01. The lowest BCUT2D eigenvalue weighted by atomic mass is 10.1. The second-order valence-electron chi connectivity index (χ2n) is 6.67. The highest BCUT2D eigenvalue weighted by Gasteiger charge is 2.32. The molecular formula is C17H24ClN3O6S2. The van der Waals surface area contributed by atoms with Gasteiger partial charge in [-0.3, -0.25) is 9.59 Å². The van der Waals surface area contributed by atoms with Crippen LogP contribution in [0.5, 0.6) is 0 Å². The van der Waals surface area contributed by atoms with Crippen LogP contribution in [0.3, 0.4) is 0 Å². The molecule has 1 aromatic rings. The van der Waals surface area contributed by atoms with Crippen LogP contribution < -0.4 is 10.0 Å². The predicted molar refractivity (Wildman–Crippen MR) is 109 cm³/mol. The Labute approximate surface area is 175 Å². The van der Waals surface area contributed by atoms with Crippen LogP contribution in [0.4, 0.5) is 0 Å². The number of halogens is 1. The second kappa shape index (κ2) is 9.88. The fourth-order valence-electron chi connectivity index (χ4n) is 3.00. The number of hydrogen-bond acceptors (Lipinski definition) is 6. The zero-order valence-corrected chi connectivity index (χ0v) is 18.3. The van der Waals surface area contributed by atoms with Crippen molar-refractivity contribution in [2.24, 2.45) is 0 Å². The van der Waals surface area contributed by atoms with E-state index in [-0.39, 0.29) is 54.7 Å². The van der Waals surface area contributed by atoms with Gasteiger partial charge in [0.15, 0.2) is 9.84 Å². The van der Waals surface area contributed by atoms with Crippen LogP contribution in [0.2, 0.25) is 5.02 Å². The van der Waals surface area contributed by atoms with Crippen molar-refractivity contribution in [3.8, 4) is 0 Å². The van der Waals surface area contributed by atoms with Crippen LogP contribution in [0.15, 0.2) is 29.2 Å². The number of benzene rings is 1. The van der Waals surface area contributed by atoms with Crippen molar-refractivity contribution in [1.82, 2.24) is 14.9 Å². The van der Waals surface area contributed by atoms with Crippen LogP contribution in [0.25, 0.3) is 0 Å². The molecule has 12 heteroatoms. The van der Waals surface area contributed by atoms with E-state index in [1.54, 1.807) is 6.07 Å². The Balaban J connectivity index is 1.82. The molecule has 0 aromatic heterocycles. The SMILES string of the molecule is CNC(=O)CS(=O)(=O)C1CCN(C(=O)CCNS(=O)(=O)c2cccc(Cl)c2)CC1. The van der Waals surface area contributed by atoms with Crippen molar-refractivity contribution in [2.45, 2.75) is 29.4 Å². The molecular weight excluding hydrogens is 442 g/mol. The summed E-state index contributed by atoms with van der Waals surface area (Å²) in [5, 5.41) is 1.92. The van der Waals surface area contributed by atoms with E-state index in [2.05, 4.69) is 10.0 Å². The van der Waals surface area contributed by atoms with Crippen molar-refractivity contribution < 1.29 is 26.4 Å². The number of nitrogens with one attached hydrogen (secondary N) is 2. The molecule has 1 fully saturated rings. The fraction of sp³-hybridized carbons (Fsp3) is 0.529. The first-order valence-electron chi connectivity index (χ1n) is 9.00. The molecule has 0 aliphatic carbocycles. The first kappa shape index (κ1) is 23.6. The molecule has 0 radical (unpaired) electrons. The largest absolute Gasteiger partial charge is 0.358 e. The van der Waals surface area contributed by atoms with E-state index < -0.39 is 36.8 Å². The number of rotatable bonds is 8. The van der Waals surface area contributed by atoms with Gasteiger partial charge in [-0.25, -0.2) is 21.6 Å². The van der Waals surface area contributed by atoms with Gasteiger partial charge in [0, 0.05) is 38.1 Å². The molecule has 29 heavy (non-hydrogen) atoms. The highest BCUT2D eigenvalue weighted by molar-refractivity contribution is 7.92. The Morgan fingerprint density at radius 3 is 2.41 bits per heavy atom. The Hall–Kier alpha value is -1.69. The number of carbonyl (C=O) groups excluding carboxylic acids is 2. The maximum atomic E-state index is 12.3. The molecule has 1 aliphatic heterocycles. The normalized spacial score (nSPS) is 15.9. The smallest absolute Gasteiger partial charge is 0.240 e. The highest BCUT2D eigenvalue weighted by atomic mass is 35.5. The molecule has 162 valence electrons. The molecule has 2 N–H and O–H groups in total. The number of carbonyl (C=O) groups is 2. The van der Waals surface area contributed by atoms with Crippen LogP contribution in [-0.4, -0.2) is 71.2 Å². The molecule has 0 unspecified atom stereocenters. The van der Waals surface area contributed by atoms with E-state index in [1.165, 1.54) is 30.1 Å². The van der Waals surface area contributed by atoms with Gasteiger partial charge >= 0.3 is 0 Å². The third-order valence-electron chi connectivity index (χ3n) is 4.65. The number of sulfone groups is 1. The summed E-state index contributed by atoms with van der Waals surface area (Å²) in [4.78, 5) is 25.2. The topological polar surface area (TPSA) is 130 Å². The molecule has 2 rings (SSSR count). The van der Waals surface area contributed by atoms with Crippen LogP contribution in [-0.2, 0) is 29.4 Å². The van der Waals surface area contributed by atoms with Gasteiger partial charge < -0.3 is 10.2 Å². The molecule has 1 aromatic carbocycles. The summed E-state index contributed by atoms with van der Waals surface area (Å²) in [7, 11) is -5.97. The molecule has 1 saturated heterocycles. The van der Waals surface area contributed by atoms with Crippen LogP contribution in [0, 0.1) is 0 Å². The molecule has 0 atom stereocenters. The first-order valence-corrected chi connectivity index (χ1v) is 12.6. The third-order valence-corrected chi connectivity index (χ3v) is 8.50. The van der Waals surface area contributed by atoms with Crippen LogP contribution in [0.1, 0.15) is 19.3 Å². The summed E-state index contributed by atoms with van der Waals surface area (Å²) in [5.74, 6) is -1.38. The maximum Gasteiger partial charge on any atom is 0.240 e. The highest BCUT2D eigenvalue weighted by Crippen LogP contribution is 2.19. The zero-order chi connectivity index (χ0) is 21.7. The summed E-state index contributed by atoms with van der Waals surface area (Å²) in [6, 6.07) is 5.79. The van der Waals surface area contributed by atoms with E-state index in [0.717, 1.165) is 0 Å². The summed E-state index contributed by atoms with van der Waals surface area (Å²) >= 11 is 5.80. The minimum absolute atomic E-state index is 0.0135. The summed E-state index contributed by atoms with van der Waals surface area (Å²) in [5.41, 5.74) is 0. The third kappa shape index (κ3) is 6.66. The van der Waals surface area contributed by atoms with Gasteiger partial charge in [-0.1, -0.05) is 17.7 Å².